The molecule has 0 radical (unpaired) electrons. The summed E-state index contributed by atoms with van der Waals surface area (Å²) in [5, 5.41) is 4.58. The van der Waals surface area contributed by atoms with Gasteiger partial charge in [0.2, 0.25) is 0 Å². The van der Waals surface area contributed by atoms with Gasteiger partial charge in [-0.1, -0.05) is 0 Å². The first-order chi connectivity index (χ1) is 8.79. The normalized spacial score (nSPS) is 13.3. The molecule has 0 saturated heterocycles. The molecule has 0 aliphatic heterocycles. The Balaban J connectivity index is 3.17. The summed E-state index contributed by atoms with van der Waals surface area (Å²) in [5.74, 6) is 1.06. The van der Waals surface area contributed by atoms with Crippen molar-refractivity contribution in [3.8, 4) is 0 Å². The predicted molar refractivity (Wildman–Crippen MR) is 82.8 cm³/mol. The van der Waals surface area contributed by atoms with Crippen molar-refractivity contribution in [1.82, 2.24) is 14.7 Å². The smallest absolute Gasteiger partial charge is 0.151 e. The van der Waals surface area contributed by atoms with E-state index in [4.69, 9.17) is 5.73 Å². The first kappa shape index (κ1) is 15.8. The summed E-state index contributed by atoms with van der Waals surface area (Å²) in [5.41, 5.74) is 7.97. The van der Waals surface area contributed by atoms with E-state index >= 15 is 0 Å². The van der Waals surface area contributed by atoms with Crippen LogP contribution in [0.4, 0.5) is 11.5 Å². The minimum Gasteiger partial charge on any atom is -0.394 e. The van der Waals surface area contributed by atoms with Crippen molar-refractivity contribution in [2.24, 2.45) is 0 Å². The second kappa shape index (κ2) is 6.28. The van der Waals surface area contributed by atoms with Gasteiger partial charge in [0.15, 0.2) is 5.82 Å². The van der Waals surface area contributed by atoms with E-state index in [1.807, 2.05) is 11.6 Å². The summed E-state index contributed by atoms with van der Waals surface area (Å²) in [6.07, 6.45) is 0. The number of aromatic nitrogens is 2. The molecule has 5 nitrogen and oxygen atoms in total. The molecule has 0 fully saturated rings. The van der Waals surface area contributed by atoms with Crippen molar-refractivity contribution in [1.29, 1.82) is 0 Å². The Kier molecular flexibility index (Phi) is 5.23. The Bertz CT molecular complexity index is 408. The van der Waals surface area contributed by atoms with Crippen molar-refractivity contribution in [2.75, 3.05) is 37.8 Å². The van der Waals surface area contributed by atoms with Crippen molar-refractivity contribution < 1.29 is 0 Å². The number of hydrogen-bond donors (Lipinski definition) is 1. The van der Waals surface area contributed by atoms with Crippen LogP contribution in [-0.2, 0) is 0 Å². The molecule has 1 aromatic heterocycles. The molecule has 0 amide bonds. The van der Waals surface area contributed by atoms with Crippen LogP contribution in [0.15, 0.2) is 0 Å². The van der Waals surface area contributed by atoms with Gasteiger partial charge in [-0.3, -0.25) is 0 Å². The monoisotopic (exact) mass is 267 g/mol. The number of anilines is 2. The third-order valence-electron chi connectivity index (χ3n) is 3.37. The third-order valence-corrected chi connectivity index (χ3v) is 3.37. The molecule has 1 atom stereocenters. The first-order valence-corrected chi connectivity index (χ1v) is 7.05. The number of nitrogens with two attached hydrogens (primary N) is 1. The molecular weight excluding hydrogens is 238 g/mol. The van der Waals surface area contributed by atoms with Gasteiger partial charge in [0, 0.05) is 25.2 Å². The van der Waals surface area contributed by atoms with Gasteiger partial charge in [0.25, 0.3) is 0 Å². The molecule has 5 heteroatoms. The van der Waals surface area contributed by atoms with E-state index in [0.29, 0.717) is 12.1 Å². The standard InChI is InChI=1S/C14H29N5/c1-8-18(11(4)9-17(6)7)14-13(15)12(5)16-19(14)10(2)3/h10-11H,8-9,15H2,1-7H3. The van der Waals surface area contributed by atoms with Crippen LogP contribution < -0.4 is 10.6 Å². The molecule has 0 aliphatic rings. The molecule has 0 saturated carbocycles. The zero-order valence-electron chi connectivity index (χ0n) is 13.4. The van der Waals surface area contributed by atoms with E-state index in [0.717, 1.165) is 30.3 Å². The quantitative estimate of drug-likeness (QED) is 0.858. The lowest BCUT2D eigenvalue weighted by Crippen LogP contribution is -2.41. The molecular formula is C14H29N5. The molecule has 0 spiro atoms. The SMILES string of the molecule is CCN(c1c(N)c(C)nn1C(C)C)C(C)CN(C)C. The molecule has 19 heavy (non-hydrogen) atoms. The molecule has 1 rings (SSSR count). The first-order valence-electron chi connectivity index (χ1n) is 7.05. The molecule has 1 unspecified atom stereocenters. The Labute approximate surface area is 117 Å². The molecule has 1 heterocycles. The van der Waals surface area contributed by atoms with Crippen LogP contribution in [0.3, 0.4) is 0 Å². The fourth-order valence-electron chi connectivity index (χ4n) is 2.49. The predicted octanol–water partition coefficient (Wildman–Crippen LogP) is 2.13. The van der Waals surface area contributed by atoms with Crippen LogP contribution >= 0.6 is 0 Å². The van der Waals surface area contributed by atoms with E-state index in [9.17, 15) is 0 Å². The van der Waals surface area contributed by atoms with Gasteiger partial charge in [-0.05, 0) is 48.7 Å². The van der Waals surface area contributed by atoms with E-state index in [-0.39, 0.29) is 0 Å². The molecule has 2 N–H and O–H groups in total. The van der Waals surface area contributed by atoms with Gasteiger partial charge in [-0.15, -0.1) is 0 Å². The van der Waals surface area contributed by atoms with Crippen LogP contribution in [0.1, 0.15) is 39.4 Å². The van der Waals surface area contributed by atoms with Crippen LogP contribution in [0.5, 0.6) is 0 Å². The number of rotatable bonds is 6. The highest BCUT2D eigenvalue weighted by atomic mass is 15.4. The maximum absolute atomic E-state index is 6.25. The van der Waals surface area contributed by atoms with Gasteiger partial charge in [-0.25, -0.2) is 4.68 Å². The minimum absolute atomic E-state index is 0.312. The molecule has 0 aliphatic carbocycles. The number of hydrogen-bond acceptors (Lipinski definition) is 4. The second-order valence-electron chi connectivity index (χ2n) is 5.76. The zero-order valence-corrected chi connectivity index (χ0v) is 13.4. The van der Waals surface area contributed by atoms with E-state index in [1.165, 1.54) is 0 Å². The topological polar surface area (TPSA) is 50.3 Å². The van der Waals surface area contributed by atoms with Gasteiger partial charge >= 0.3 is 0 Å². The lowest BCUT2D eigenvalue weighted by molar-refractivity contribution is 0.369. The van der Waals surface area contributed by atoms with Crippen LogP contribution in [0.2, 0.25) is 0 Å². The summed E-state index contributed by atoms with van der Waals surface area (Å²) in [6.45, 7) is 12.6. The zero-order chi connectivity index (χ0) is 14.7. The minimum atomic E-state index is 0.312. The van der Waals surface area contributed by atoms with Crippen LogP contribution in [-0.4, -0.2) is 47.9 Å². The third kappa shape index (κ3) is 3.41. The van der Waals surface area contributed by atoms with Gasteiger partial charge in [0.1, 0.15) is 0 Å². The van der Waals surface area contributed by atoms with Gasteiger partial charge in [-0.2, -0.15) is 5.10 Å². The maximum atomic E-state index is 6.25. The highest BCUT2D eigenvalue weighted by Gasteiger charge is 2.23. The number of nitrogens with zero attached hydrogens (tertiary/aromatic N) is 4. The summed E-state index contributed by atoms with van der Waals surface area (Å²) >= 11 is 0. The van der Waals surface area contributed by atoms with Gasteiger partial charge < -0.3 is 15.5 Å². The summed E-state index contributed by atoms with van der Waals surface area (Å²) in [7, 11) is 4.19. The second-order valence-corrected chi connectivity index (χ2v) is 5.76. The van der Waals surface area contributed by atoms with Crippen molar-refractivity contribution in [2.45, 2.75) is 46.7 Å². The van der Waals surface area contributed by atoms with E-state index in [2.05, 4.69) is 56.7 Å². The van der Waals surface area contributed by atoms with Crippen LogP contribution in [0.25, 0.3) is 0 Å². The molecule has 1 aromatic rings. The Hall–Kier alpha value is -1.23. The largest absolute Gasteiger partial charge is 0.394 e. The number of aryl methyl sites for hydroxylation is 1. The van der Waals surface area contributed by atoms with Crippen molar-refractivity contribution >= 4 is 11.5 Å². The van der Waals surface area contributed by atoms with Crippen molar-refractivity contribution in [3.05, 3.63) is 5.69 Å². The Morgan fingerprint density at radius 1 is 1.26 bits per heavy atom. The summed E-state index contributed by atoms with van der Waals surface area (Å²) in [6, 6.07) is 0.711. The molecule has 0 bridgehead atoms. The maximum Gasteiger partial charge on any atom is 0.151 e. The fourth-order valence-corrected chi connectivity index (χ4v) is 2.49. The van der Waals surface area contributed by atoms with Crippen LogP contribution in [0, 0.1) is 6.92 Å². The summed E-state index contributed by atoms with van der Waals surface area (Å²) < 4.78 is 2.04. The van der Waals surface area contributed by atoms with Crippen molar-refractivity contribution in [3.63, 3.8) is 0 Å². The van der Waals surface area contributed by atoms with E-state index in [1.54, 1.807) is 0 Å². The lowest BCUT2D eigenvalue weighted by Gasteiger charge is -2.33. The average Bonchev–Trinajstić information content (AvgIpc) is 2.57. The summed E-state index contributed by atoms with van der Waals surface area (Å²) in [4.78, 5) is 4.54. The fraction of sp³-hybridized carbons (Fsp3) is 0.786. The highest BCUT2D eigenvalue weighted by Crippen LogP contribution is 2.30. The molecule has 0 aromatic carbocycles. The Morgan fingerprint density at radius 2 is 1.84 bits per heavy atom. The highest BCUT2D eigenvalue weighted by molar-refractivity contribution is 5.66. The van der Waals surface area contributed by atoms with Gasteiger partial charge in [0.05, 0.1) is 11.4 Å². The lowest BCUT2D eigenvalue weighted by atomic mass is 10.2. The average molecular weight is 267 g/mol. The molecule has 110 valence electrons. The number of likely N-dealkylation sites (N-methyl/N-ethyl adjacent to an activating group) is 2. The van der Waals surface area contributed by atoms with E-state index < -0.39 is 0 Å². The Morgan fingerprint density at radius 3 is 2.26 bits per heavy atom. The number of nitrogen functional groups attached to an aromatic ring is 1.